The fraction of sp³-hybridized carbons (Fsp3) is 0.500. The average Bonchev–Trinajstić information content (AvgIpc) is 2.83. The van der Waals surface area contributed by atoms with Crippen molar-refractivity contribution in [3.63, 3.8) is 0 Å². The molecule has 0 saturated carbocycles. The van der Waals surface area contributed by atoms with Crippen LogP contribution < -0.4 is 5.32 Å². The van der Waals surface area contributed by atoms with Crippen molar-refractivity contribution in [2.24, 2.45) is 13.0 Å². The maximum atomic E-state index is 12.4. The zero-order chi connectivity index (χ0) is 15.2. The molecule has 0 fully saturated rings. The van der Waals surface area contributed by atoms with E-state index in [1.807, 2.05) is 31.3 Å². The normalized spacial score (nSPS) is 12.5. The van der Waals surface area contributed by atoms with Crippen molar-refractivity contribution < 1.29 is 4.79 Å². The number of amides is 1. The van der Waals surface area contributed by atoms with Gasteiger partial charge in [-0.15, -0.1) is 0 Å². The zero-order valence-electron chi connectivity index (χ0n) is 12.6. The Bertz CT molecular complexity index is 603. The summed E-state index contributed by atoms with van der Waals surface area (Å²) in [6.07, 6.45) is 3.35. The van der Waals surface area contributed by atoms with E-state index in [2.05, 4.69) is 33.3 Å². The molecule has 4 nitrogen and oxygen atoms in total. The van der Waals surface area contributed by atoms with Gasteiger partial charge in [0.2, 0.25) is 0 Å². The van der Waals surface area contributed by atoms with Crippen LogP contribution in [-0.2, 0) is 7.05 Å². The van der Waals surface area contributed by atoms with E-state index in [4.69, 9.17) is 0 Å². The maximum absolute atomic E-state index is 12.4. The molecule has 21 heavy (non-hydrogen) atoms. The minimum Gasteiger partial charge on any atom is -0.350 e. The van der Waals surface area contributed by atoms with Crippen LogP contribution in [0.25, 0.3) is 10.9 Å². The number of fused-ring (bicyclic) bond motifs is 1. The molecule has 0 aliphatic heterocycles. The van der Waals surface area contributed by atoms with Crippen molar-refractivity contribution in [1.29, 1.82) is 0 Å². The topological polar surface area (TPSA) is 46.9 Å². The number of carbonyl (C=O) groups excluding carboxylic acids is 1. The Hall–Kier alpha value is -1.36. The van der Waals surface area contributed by atoms with Crippen molar-refractivity contribution in [3.8, 4) is 0 Å². The molecule has 1 amide bonds. The third-order valence-electron chi connectivity index (χ3n) is 3.74. The molecule has 114 valence electrons. The first kappa shape index (κ1) is 16.0. The lowest BCUT2D eigenvalue weighted by molar-refractivity contribution is 0.0942. The minimum absolute atomic E-state index is 0.0810. The maximum Gasteiger partial charge on any atom is 0.272 e. The summed E-state index contributed by atoms with van der Waals surface area (Å²) in [4.78, 5) is 12.4. The molecule has 2 rings (SSSR count). The van der Waals surface area contributed by atoms with Crippen LogP contribution >= 0.6 is 15.9 Å². The van der Waals surface area contributed by atoms with Crippen molar-refractivity contribution >= 4 is 32.7 Å². The van der Waals surface area contributed by atoms with Gasteiger partial charge in [-0.3, -0.25) is 9.48 Å². The summed E-state index contributed by atoms with van der Waals surface area (Å²) in [5, 5.41) is 9.27. The number of hydrogen-bond donors (Lipinski definition) is 1. The number of carbonyl (C=O) groups is 1. The summed E-state index contributed by atoms with van der Waals surface area (Å²) in [6, 6.07) is 7.81. The van der Waals surface area contributed by atoms with Gasteiger partial charge in [0.1, 0.15) is 0 Å². The summed E-state index contributed by atoms with van der Waals surface area (Å²) < 4.78 is 1.76. The summed E-state index contributed by atoms with van der Waals surface area (Å²) in [7, 11) is 1.86. The average molecular weight is 352 g/mol. The van der Waals surface area contributed by atoms with Crippen LogP contribution in [0.15, 0.2) is 24.3 Å². The van der Waals surface area contributed by atoms with Crippen molar-refractivity contribution in [1.82, 2.24) is 15.1 Å². The number of halogens is 1. The molecule has 0 spiro atoms. The molecular formula is C16H22BrN3O. The standard InChI is InChI=1S/C16H22BrN3O/c1-3-6-12(9-10-17)11-18-16(21)15-13-7-4-5-8-14(13)20(2)19-15/h4-5,7-8,12H,3,6,9-11H2,1-2H3,(H,18,21). The second-order valence-electron chi connectivity index (χ2n) is 5.33. The largest absolute Gasteiger partial charge is 0.350 e. The van der Waals surface area contributed by atoms with E-state index in [0.29, 0.717) is 18.2 Å². The predicted molar refractivity (Wildman–Crippen MR) is 89.9 cm³/mol. The lowest BCUT2D eigenvalue weighted by Gasteiger charge is -2.15. The Balaban J connectivity index is 2.08. The fourth-order valence-corrected chi connectivity index (χ4v) is 3.26. The Labute approximate surface area is 134 Å². The molecule has 5 heteroatoms. The van der Waals surface area contributed by atoms with Gasteiger partial charge in [-0.25, -0.2) is 0 Å². The molecule has 0 radical (unpaired) electrons. The number of para-hydroxylation sites is 1. The van der Waals surface area contributed by atoms with Gasteiger partial charge in [0.25, 0.3) is 5.91 Å². The number of hydrogen-bond acceptors (Lipinski definition) is 2. The summed E-state index contributed by atoms with van der Waals surface area (Å²) in [5.74, 6) is 0.441. The fourth-order valence-electron chi connectivity index (χ4n) is 2.61. The van der Waals surface area contributed by atoms with Crippen LogP contribution in [-0.4, -0.2) is 27.6 Å². The molecule has 1 atom stereocenters. The van der Waals surface area contributed by atoms with Crippen LogP contribution in [0, 0.1) is 5.92 Å². The monoisotopic (exact) mass is 351 g/mol. The molecular weight excluding hydrogens is 330 g/mol. The Morgan fingerprint density at radius 2 is 2.14 bits per heavy atom. The van der Waals surface area contributed by atoms with Crippen LogP contribution in [0.1, 0.15) is 36.7 Å². The number of aromatic nitrogens is 2. The van der Waals surface area contributed by atoms with E-state index in [1.165, 1.54) is 0 Å². The lowest BCUT2D eigenvalue weighted by atomic mass is 10.0. The van der Waals surface area contributed by atoms with Gasteiger partial charge in [0.05, 0.1) is 5.52 Å². The lowest BCUT2D eigenvalue weighted by Crippen LogP contribution is -2.30. The van der Waals surface area contributed by atoms with Crippen LogP contribution in [0.3, 0.4) is 0 Å². The molecule has 0 bridgehead atoms. The molecule has 0 aliphatic rings. The van der Waals surface area contributed by atoms with Gasteiger partial charge in [0.15, 0.2) is 5.69 Å². The van der Waals surface area contributed by atoms with Gasteiger partial charge in [0, 0.05) is 24.3 Å². The highest BCUT2D eigenvalue weighted by molar-refractivity contribution is 9.09. The van der Waals surface area contributed by atoms with E-state index in [9.17, 15) is 4.79 Å². The van der Waals surface area contributed by atoms with Gasteiger partial charge in [-0.1, -0.05) is 47.5 Å². The molecule has 1 aromatic carbocycles. The Kier molecular flexibility index (Phi) is 5.79. The van der Waals surface area contributed by atoms with Gasteiger partial charge in [-0.05, 0) is 24.8 Å². The van der Waals surface area contributed by atoms with E-state index < -0.39 is 0 Å². The number of benzene rings is 1. The van der Waals surface area contributed by atoms with Crippen molar-refractivity contribution in [2.75, 3.05) is 11.9 Å². The van der Waals surface area contributed by atoms with Gasteiger partial charge >= 0.3 is 0 Å². The molecule has 2 aromatic rings. The highest BCUT2D eigenvalue weighted by atomic mass is 79.9. The molecule has 1 heterocycles. The van der Waals surface area contributed by atoms with Crippen molar-refractivity contribution in [3.05, 3.63) is 30.0 Å². The van der Waals surface area contributed by atoms with Gasteiger partial charge in [-0.2, -0.15) is 5.10 Å². The first-order chi connectivity index (χ1) is 10.2. The van der Waals surface area contributed by atoms with Gasteiger partial charge < -0.3 is 5.32 Å². The van der Waals surface area contributed by atoms with Crippen molar-refractivity contribution in [2.45, 2.75) is 26.2 Å². The SMILES string of the molecule is CCCC(CCBr)CNC(=O)c1nn(C)c2ccccc12. The number of alkyl halides is 1. The van der Waals surface area contributed by atoms with Crippen LogP contribution in [0.2, 0.25) is 0 Å². The molecule has 1 aromatic heterocycles. The number of nitrogens with one attached hydrogen (secondary N) is 1. The highest BCUT2D eigenvalue weighted by Crippen LogP contribution is 2.18. The molecule has 1 unspecified atom stereocenters. The Morgan fingerprint density at radius 1 is 1.38 bits per heavy atom. The predicted octanol–water partition coefficient (Wildman–Crippen LogP) is 3.50. The summed E-state index contributed by atoms with van der Waals surface area (Å²) in [6.45, 7) is 2.89. The second kappa shape index (κ2) is 7.59. The van der Waals surface area contributed by atoms with E-state index in [-0.39, 0.29) is 5.91 Å². The highest BCUT2D eigenvalue weighted by Gasteiger charge is 2.16. The third-order valence-corrected chi connectivity index (χ3v) is 4.20. The number of aryl methyl sites for hydroxylation is 1. The second-order valence-corrected chi connectivity index (χ2v) is 6.12. The van der Waals surface area contributed by atoms with E-state index in [0.717, 1.165) is 35.5 Å². The van der Waals surface area contributed by atoms with Crippen LogP contribution in [0.4, 0.5) is 0 Å². The number of nitrogens with zero attached hydrogens (tertiary/aromatic N) is 2. The first-order valence-electron chi connectivity index (χ1n) is 7.43. The van der Waals surface area contributed by atoms with E-state index >= 15 is 0 Å². The molecule has 0 aliphatic carbocycles. The number of rotatable bonds is 7. The molecule has 0 saturated heterocycles. The quantitative estimate of drug-likeness (QED) is 0.776. The van der Waals surface area contributed by atoms with E-state index in [1.54, 1.807) is 4.68 Å². The smallest absolute Gasteiger partial charge is 0.272 e. The summed E-state index contributed by atoms with van der Waals surface area (Å²) >= 11 is 3.48. The first-order valence-corrected chi connectivity index (χ1v) is 8.55. The minimum atomic E-state index is -0.0810. The zero-order valence-corrected chi connectivity index (χ0v) is 14.2. The molecule has 1 N–H and O–H groups in total. The third kappa shape index (κ3) is 3.84. The summed E-state index contributed by atoms with van der Waals surface area (Å²) in [5.41, 5.74) is 1.50. The Morgan fingerprint density at radius 3 is 2.86 bits per heavy atom. The van der Waals surface area contributed by atoms with Crippen LogP contribution in [0.5, 0.6) is 0 Å².